The van der Waals surface area contributed by atoms with Gasteiger partial charge >= 0.3 is 0 Å². The minimum Gasteiger partial charge on any atom is -0.271 e. The highest BCUT2D eigenvalue weighted by Crippen LogP contribution is 2.30. The molecule has 1 aliphatic rings. The molecule has 2 nitrogen and oxygen atoms in total. The Hall–Kier alpha value is 0.0100. The average molecular weight is 186 g/mol. The zero-order valence-corrected chi connectivity index (χ0v) is 8.49. The van der Waals surface area contributed by atoms with Crippen LogP contribution < -0.4 is 11.3 Å². The molecule has 2 unspecified atom stereocenters. The summed E-state index contributed by atoms with van der Waals surface area (Å²) in [4.78, 5) is 0. The monoisotopic (exact) mass is 186 g/mol. The molecule has 12 heavy (non-hydrogen) atoms. The van der Waals surface area contributed by atoms with Gasteiger partial charge in [-0.3, -0.25) is 11.3 Å². The topological polar surface area (TPSA) is 38.0 Å². The van der Waals surface area contributed by atoms with Crippen LogP contribution in [-0.2, 0) is 0 Å². The van der Waals surface area contributed by atoms with Crippen molar-refractivity contribution in [2.45, 2.75) is 37.5 Å². The van der Waals surface area contributed by atoms with Gasteiger partial charge in [0.15, 0.2) is 0 Å². The first-order valence-electron chi connectivity index (χ1n) is 4.46. The van der Waals surface area contributed by atoms with Crippen LogP contribution in [0.4, 0.5) is 0 Å². The highest BCUT2D eigenvalue weighted by atomic mass is 32.2. The third-order valence-corrected chi connectivity index (χ3v) is 3.71. The molecular weight excluding hydrogens is 168 g/mol. The maximum atomic E-state index is 5.50. The second-order valence-corrected chi connectivity index (χ2v) is 4.83. The molecule has 0 bridgehead atoms. The van der Waals surface area contributed by atoms with Crippen molar-refractivity contribution < 1.29 is 0 Å². The number of thioether (sulfide) groups is 1. The van der Waals surface area contributed by atoms with Crippen LogP contribution in [0.3, 0.4) is 0 Å². The maximum Gasteiger partial charge on any atom is 0.0366 e. The molecule has 0 spiro atoms. The molecule has 0 aromatic rings. The fourth-order valence-corrected chi connectivity index (χ4v) is 2.97. The quantitative estimate of drug-likeness (QED) is 0.398. The maximum absolute atomic E-state index is 5.50. The largest absolute Gasteiger partial charge is 0.271 e. The van der Waals surface area contributed by atoms with Crippen molar-refractivity contribution in [3.8, 4) is 0 Å². The van der Waals surface area contributed by atoms with E-state index in [0.29, 0.717) is 11.3 Å². The third kappa shape index (κ3) is 2.81. The molecular formula is C9H18N2S. The van der Waals surface area contributed by atoms with E-state index in [1.807, 2.05) is 11.8 Å². The van der Waals surface area contributed by atoms with Crippen molar-refractivity contribution in [1.82, 2.24) is 5.43 Å². The fraction of sp³-hybridized carbons (Fsp3) is 0.778. The Bertz CT molecular complexity index is 153. The number of hydrazine groups is 1. The highest BCUT2D eigenvalue weighted by molar-refractivity contribution is 8.00. The van der Waals surface area contributed by atoms with Crippen LogP contribution in [0.2, 0.25) is 0 Å². The molecule has 0 aromatic heterocycles. The smallest absolute Gasteiger partial charge is 0.0366 e. The second kappa shape index (κ2) is 4.90. The molecule has 70 valence electrons. The van der Waals surface area contributed by atoms with Gasteiger partial charge in [0.05, 0.1) is 0 Å². The highest BCUT2D eigenvalue weighted by Gasteiger charge is 2.24. The first-order valence-corrected chi connectivity index (χ1v) is 5.51. The Morgan fingerprint density at radius 2 is 2.58 bits per heavy atom. The van der Waals surface area contributed by atoms with E-state index < -0.39 is 0 Å². The molecule has 1 aliphatic heterocycles. The van der Waals surface area contributed by atoms with Crippen molar-refractivity contribution in [2.24, 2.45) is 5.84 Å². The lowest BCUT2D eigenvalue weighted by atomic mass is 10.0. The molecule has 1 fully saturated rings. The SMILES string of the molecule is C=C(C)CC(NN)C1CCCS1. The third-order valence-electron chi connectivity index (χ3n) is 2.20. The van der Waals surface area contributed by atoms with Crippen molar-refractivity contribution in [3.05, 3.63) is 12.2 Å². The van der Waals surface area contributed by atoms with E-state index in [1.54, 1.807) is 0 Å². The molecule has 0 aromatic carbocycles. The Kier molecular flexibility index (Phi) is 4.12. The van der Waals surface area contributed by atoms with Crippen LogP contribution in [0.5, 0.6) is 0 Å². The fourth-order valence-electron chi connectivity index (χ4n) is 1.59. The summed E-state index contributed by atoms with van der Waals surface area (Å²) in [5, 5.41) is 0.701. The molecule has 3 heteroatoms. The number of nitrogens with two attached hydrogens (primary N) is 1. The molecule has 1 saturated heterocycles. The van der Waals surface area contributed by atoms with Crippen molar-refractivity contribution in [2.75, 3.05) is 5.75 Å². The lowest BCUT2D eigenvalue weighted by molar-refractivity contribution is 0.495. The normalized spacial score (nSPS) is 25.7. The van der Waals surface area contributed by atoms with E-state index >= 15 is 0 Å². The number of rotatable bonds is 4. The van der Waals surface area contributed by atoms with E-state index in [9.17, 15) is 0 Å². The van der Waals surface area contributed by atoms with Crippen LogP contribution >= 0.6 is 11.8 Å². The molecule has 1 heterocycles. The van der Waals surface area contributed by atoms with Gasteiger partial charge in [-0.25, -0.2) is 0 Å². The number of nitrogens with one attached hydrogen (secondary N) is 1. The summed E-state index contributed by atoms with van der Waals surface area (Å²) < 4.78 is 0. The molecule has 0 aliphatic carbocycles. The molecule has 2 atom stereocenters. The molecule has 1 rings (SSSR count). The summed E-state index contributed by atoms with van der Waals surface area (Å²) in [5.41, 5.74) is 4.11. The van der Waals surface area contributed by atoms with Gasteiger partial charge in [-0.15, -0.1) is 6.58 Å². The molecule has 0 radical (unpaired) electrons. The minimum atomic E-state index is 0.426. The van der Waals surface area contributed by atoms with Crippen LogP contribution in [0.15, 0.2) is 12.2 Å². The van der Waals surface area contributed by atoms with E-state index in [4.69, 9.17) is 5.84 Å². The van der Waals surface area contributed by atoms with E-state index in [-0.39, 0.29) is 0 Å². The van der Waals surface area contributed by atoms with Crippen molar-refractivity contribution >= 4 is 11.8 Å². The van der Waals surface area contributed by atoms with Crippen molar-refractivity contribution in [1.29, 1.82) is 0 Å². The molecule has 3 N–H and O–H groups in total. The summed E-state index contributed by atoms with van der Waals surface area (Å²) >= 11 is 2.03. The average Bonchev–Trinajstić information content (AvgIpc) is 2.51. The van der Waals surface area contributed by atoms with Gasteiger partial charge in [-0.2, -0.15) is 11.8 Å². The van der Waals surface area contributed by atoms with Gasteiger partial charge in [0.1, 0.15) is 0 Å². The first-order chi connectivity index (χ1) is 5.74. The Morgan fingerprint density at radius 1 is 1.83 bits per heavy atom. The summed E-state index contributed by atoms with van der Waals surface area (Å²) in [7, 11) is 0. The first kappa shape index (κ1) is 10.1. The Balaban J connectivity index is 2.37. The summed E-state index contributed by atoms with van der Waals surface area (Å²) in [5.74, 6) is 6.79. The summed E-state index contributed by atoms with van der Waals surface area (Å²) in [6.07, 6.45) is 3.64. The van der Waals surface area contributed by atoms with Gasteiger partial charge in [0, 0.05) is 11.3 Å². The number of hydrogen-bond donors (Lipinski definition) is 2. The van der Waals surface area contributed by atoms with Gasteiger partial charge in [0.2, 0.25) is 0 Å². The molecule has 0 saturated carbocycles. The lowest BCUT2D eigenvalue weighted by Crippen LogP contribution is -2.41. The van der Waals surface area contributed by atoms with E-state index in [0.717, 1.165) is 6.42 Å². The predicted molar refractivity (Wildman–Crippen MR) is 56.0 cm³/mol. The zero-order valence-electron chi connectivity index (χ0n) is 7.68. The molecule has 0 amide bonds. The van der Waals surface area contributed by atoms with Gasteiger partial charge in [-0.1, -0.05) is 5.57 Å². The Labute approximate surface area is 78.9 Å². The van der Waals surface area contributed by atoms with Gasteiger partial charge in [-0.05, 0) is 31.9 Å². The second-order valence-electron chi connectivity index (χ2n) is 3.49. The van der Waals surface area contributed by atoms with Gasteiger partial charge in [0.25, 0.3) is 0 Å². The van der Waals surface area contributed by atoms with Gasteiger partial charge < -0.3 is 0 Å². The minimum absolute atomic E-state index is 0.426. The van der Waals surface area contributed by atoms with Crippen LogP contribution in [0.25, 0.3) is 0 Å². The Morgan fingerprint density at radius 3 is 3.00 bits per heavy atom. The van der Waals surface area contributed by atoms with Crippen LogP contribution in [0.1, 0.15) is 26.2 Å². The van der Waals surface area contributed by atoms with E-state index in [1.165, 1.54) is 24.2 Å². The number of hydrogen-bond acceptors (Lipinski definition) is 3. The lowest BCUT2D eigenvalue weighted by Gasteiger charge is -2.21. The van der Waals surface area contributed by atoms with Crippen LogP contribution in [-0.4, -0.2) is 17.0 Å². The summed E-state index contributed by atoms with van der Waals surface area (Å²) in [6.45, 7) is 5.97. The summed E-state index contributed by atoms with van der Waals surface area (Å²) in [6, 6.07) is 0.426. The van der Waals surface area contributed by atoms with Crippen LogP contribution in [0, 0.1) is 0 Å². The van der Waals surface area contributed by atoms with Crippen molar-refractivity contribution in [3.63, 3.8) is 0 Å². The van der Waals surface area contributed by atoms with E-state index in [2.05, 4.69) is 18.9 Å². The standard InChI is InChI=1S/C9H18N2S/c1-7(2)6-8(11-10)9-4-3-5-12-9/h8-9,11H,1,3-6,10H2,2H3. The zero-order chi connectivity index (χ0) is 8.97. The predicted octanol–water partition coefficient (Wildman–Crippen LogP) is 1.68.